The summed E-state index contributed by atoms with van der Waals surface area (Å²) in [6, 6.07) is 18.9. The van der Waals surface area contributed by atoms with Crippen LogP contribution in [0.25, 0.3) is 27.5 Å². The molecule has 0 bridgehead atoms. The third kappa shape index (κ3) is 1.82. The minimum atomic E-state index is -0.273. The molecule has 0 atom stereocenters. The van der Waals surface area contributed by atoms with Crippen molar-refractivity contribution in [1.82, 2.24) is 4.57 Å². The van der Waals surface area contributed by atoms with E-state index >= 15 is 0 Å². The molecule has 0 saturated carbocycles. The average Bonchev–Trinajstić information content (AvgIpc) is 2.82. The molecule has 4 rings (SSSR count). The van der Waals surface area contributed by atoms with Crippen LogP contribution in [0.3, 0.4) is 0 Å². The molecule has 21 heavy (non-hydrogen) atoms. The fourth-order valence-corrected chi connectivity index (χ4v) is 2.81. The summed E-state index contributed by atoms with van der Waals surface area (Å²) in [6.07, 6.45) is 0. The first-order valence-corrected chi connectivity index (χ1v) is 6.69. The van der Waals surface area contributed by atoms with Gasteiger partial charge in [-0.1, -0.05) is 18.2 Å². The Labute approximate surface area is 120 Å². The summed E-state index contributed by atoms with van der Waals surface area (Å²) in [5.41, 5.74) is 2.74. The van der Waals surface area contributed by atoms with Crippen LogP contribution in [0, 0.1) is 11.6 Å². The lowest BCUT2D eigenvalue weighted by Gasteiger charge is -2.07. The summed E-state index contributed by atoms with van der Waals surface area (Å²) in [7, 11) is 0. The van der Waals surface area contributed by atoms with Gasteiger partial charge in [-0.05, 0) is 48.5 Å². The molecule has 0 amide bonds. The van der Waals surface area contributed by atoms with Crippen LogP contribution in [0.15, 0.2) is 66.7 Å². The van der Waals surface area contributed by atoms with Crippen molar-refractivity contribution >= 4 is 21.8 Å². The molecule has 3 aromatic carbocycles. The zero-order chi connectivity index (χ0) is 14.4. The second-order valence-electron chi connectivity index (χ2n) is 4.99. The predicted molar refractivity (Wildman–Crippen MR) is 80.7 cm³/mol. The molecule has 1 heterocycles. The predicted octanol–water partition coefficient (Wildman–Crippen LogP) is 5.06. The quantitative estimate of drug-likeness (QED) is 0.459. The number of para-hydroxylation sites is 1. The molecule has 0 aliphatic heterocycles. The van der Waals surface area contributed by atoms with E-state index < -0.39 is 0 Å². The summed E-state index contributed by atoms with van der Waals surface area (Å²) in [5, 5.41) is 1.84. The summed E-state index contributed by atoms with van der Waals surface area (Å²) >= 11 is 0. The van der Waals surface area contributed by atoms with Crippen LogP contribution in [-0.2, 0) is 0 Å². The number of rotatable bonds is 1. The first kappa shape index (κ1) is 12.1. The van der Waals surface area contributed by atoms with Gasteiger partial charge in [0.05, 0.1) is 11.0 Å². The molecule has 0 aliphatic rings. The van der Waals surface area contributed by atoms with Gasteiger partial charge >= 0.3 is 0 Å². The fraction of sp³-hybridized carbons (Fsp3) is 0. The van der Waals surface area contributed by atoms with Crippen LogP contribution in [0.2, 0.25) is 0 Å². The molecule has 0 fully saturated rings. The highest BCUT2D eigenvalue weighted by molar-refractivity contribution is 6.09. The Morgan fingerprint density at radius 1 is 0.619 bits per heavy atom. The molecule has 4 aromatic rings. The van der Waals surface area contributed by atoms with E-state index in [0.29, 0.717) is 0 Å². The zero-order valence-electron chi connectivity index (χ0n) is 11.1. The zero-order valence-corrected chi connectivity index (χ0v) is 11.1. The van der Waals surface area contributed by atoms with Gasteiger partial charge in [-0.3, -0.25) is 0 Å². The third-order valence-electron chi connectivity index (χ3n) is 3.72. The Morgan fingerprint density at radius 3 is 2.10 bits per heavy atom. The summed E-state index contributed by atoms with van der Waals surface area (Å²) in [5.74, 6) is -0.532. The highest BCUT2D eigenvalue weighted by atomic mass is 19.1. The molecule has 0 unspecified atom stereocenters. The van der Waals surface area contributed by atoms with E-state index in [1.807, 2.05) is 28.8 Å². The summed E-state index contributed by atoms with van der Waals surface area (Å²) in [6.45, 7) is 0. The van der Waals surface area contributed by atoms with Gasteiger partial charge in [-0.15, -0.1) is 0 Å². The number of benzene rings is 3. The van der Waals surface area contributed by atoms with Crippen LogP contribution < -0.4 is 0 Å². The Morgan fingerprint density at radius 2 is 1.29 bits per heavy atom. The number of halogens is 2. The van der Waals surface area contributed by atoms with Crippen molar-refractivity contribution in [1.29, 1.82) is 0 Å². The standard InChI is InChI=1S/C18H11F2N/c19-12-5-8-14(9-6-12)21-17-4-2-1-3-15(17)16-11-13(20)7-10-18(16)21/h1-11H. The van der Waals surface area contributed by atoms with Crippen molar-refractivity contribution in [3.05, 3.63) is 78.4 Å². The smallest absolute Gasteiger partial charge is 0.123 e. The molecule has 0 radical (unpaired) electrons. The Bertz CT molecular complexity index is 952. The van der Waals surface area contributed by atoms with Crippen LogP contribution in [0.5, 0.6) is 0 Å². The molecule has 1 nitrogen and oxygen atoms in total. The Kier molecular flexibility index (Phi) is 2.54. The molecule has 0 spiro atoms. The highest BCUT2D eigenvalue weighted by Crippen LogP contribution is 2.32. The van der Waals surface area contributed by atoms with Crippen molar-refractivity contribution in [3.63, 3.8) is 0 Å². The largest absolute Gasteiger partial charge is 0.309 e. The lowest BCUT2D eigenvalue weighted by molar-refractivity contribution is 0.627. The maximum absolute atomic E-state index is 13.6. The highest BCUT2D eigenvalue weighted by Gasteiger charge is 2.12. The molecule has 0 saturated heterocycles. The first-order chi connectivity index (χ1) is 10.2. The van der Waals surface area contributed by atoms with E-state index in [1.54, 1.807) is 18.2 Å². The molecule has 1 aromatic heterocycles. The van der Waals surface area contributed by atoms with E-state index in [2.05, 4.69) is 0 Å². The SMILES string of the molecule is Fc1ccc(-n2c3ccccc3c3cc(F)ccc32)cc1. The van der Waals surface area contributed by atoms with Crippen molar-refractivity contribution in [2.75, 3.05) is 0 Å². The lowest BCUT2D eigenvalue weighted by atomic mass is 10.1. The maximum Gasteiger partial charge on any atom is 0.123 e. The second-order valence-corrected chi connectivity index (χ2v) is 4.99. The number of nitrogens with zero attached hydrogens (tertiary/aromatic N) is 1. The molecule has 102 valence electrons. The number of fused-ring (bicyclic) bond motifs is 3. The fourth-order valence-electron chi connectivity index (χ4n) is 2.81. The minimum absolute atomic E-state index is 0.260. The van der Waals surface area contributed by atoms with Gasteiger partial charge in [0.1, 0.15) is 11.6 Å². The first-order valence-electron chi connectivity index (χ1n) is 6.69. The maximum atomic E-state index is 13.6. The van der Waals surface area contributed by atoms with Crippen molar-refractivity contribution in [2.24, 2.45) is 0 Å². The summed E-state index contributed by atoms with van der Waals surface area (Å²) in [4.78, 5) is 0. The monoisotopic (exact) mass is 279 g/mol. The Hall–Kier alpha value is -2.68. The second kappa shape index (κ2) is 4.42. The van der Waals surface area contributed by atoms with Gasteiger partial charge in [0.25, 0.3) is 0 Å². The van der Waals surface area contributed by atoms with E-state index in [0.717, 1.165) is 27.5 Å². The summed E-state index contributed by atoms with van der Waals surface area (Å²) < 4.78 is 28.7. The average molecular weight is 279 g/mol. The van der Waals surface area contributed by atoms with Gasteiger partial charge in [0.15, 0.2) is 0 Å². The van der Waals surface area contributed by atoms with Gasteiger partial charge in [-0.2, -0.15) is 0 Å². The molecule has 0 N–H and O–H groups in total. The van der Waals surface area contributed by atoms with Gasteiger partial charge < -0.3 is 4.57 Å². The van der Waals surface area contributed by atoms with E-state index in [-0.39, 0.29) is 11.6 Å². The van der Waals surface area contributed by atoms with Crippen LogP contribution >= 0.6 is 0 Å². The van der Waals surface area contributed by atoms with E-state index in [1.165, 1.54) is 24.3 Å². The van der Waals surface area contributed by atoms with Gasteiger partial charge in [-0.25, -0.2) is 8.78 Å². The van der Waals surface area contributed by atoms with E-state index in [9.17, 15) is 8.78 Å². The van der Waals surface area contributed by atoms with Gasteiger partial charge in [0, 0.05) is 16.5 Å². The van der Waals surface area contributed by atoms with E-state index in [4.69, 9.17) is 0 Å². The molecular weight excluding hydrogens is 268 g/mol. The molecule has 0 aliphatic carbocycles. The molecule has 3 heteroatoms. The minimum Gasteiger partial charge on any atom is -0.309 e. The van der Waals surface area contributed by atoms with Crippen molar-refractivity contribution in [3.8, 4) is 5.69 Å². The Balaban J connectivity index is 2.17. The topological polar surface area (TPSA) is 4.93 Å². The van der Waals surface area contributed by atoms with Crippen molar-refractivity contribution < 1.29 is 8.78 Å². The number of hydrogen-bond donors (Lipinski definition) is 0. The van der Waals surface area contributed by atoms with Crippen molar-refractivity contribution in [2.45, 2.75) is 0 Å². The number of aromatic nitrogens is 1. The van der Waals surface area contributed by atoms with Crippen LogP contribution in [0.1, 0.15) is 0 Å². The third-order valence-corrected chi connectivity index (χ3v) is 3.72. The number of hydrogen-bond acceptors (Lipinski definition) is 0. The normalized spacial score (nSPS) is 11.3. The van der Waals surface area contributed by atoms with Crippen LogP contribution in [-0.4, -0.2) is 4.57 Å². The molecular formula is C18H11F2N. The van der Waals surface area contributed by atoms with Gasteiger partial charge in [0.2, 0.25) is 0 Å². The lowest BCUT2D eigenvalue weighted by Crippen LogP contribution is -1.93. The van der Waals surface area contributed by atoms with Crippen LogP contribution in [0.4, 0.5) is 8.78 Å².